The second kappa shape index (κ2) is 8.99. The summed E-state index contributed by atoms with van der Waals surface area (Å²) in [4.78, 5) is 13.0. The minimum absolute atomic E-state index is 0.100. The van der Waals surface area contributed by atoms with E-state index < -0.39 is 16.8 Å². The maximum atomic E-state index is 12.4. The number of benzene rings is 2. The number of amides is 1. The van der Waals surface area contributed by atoms with Crippen molar-refractivity contribution in [2.24, 2.45) is 0 Å². The van der Waals surface area contributed by atoms with Gasteiger partial charge in [-0.25, -0.2) is 4.31 Å². The number of fused-ring (bicyclic) bond motifs is 1. The summed E-state index contributed by atoms with van der Waals surface area (Å²) in [5.41, 5.74) is 3.92. The monoisotopic (exact) mass is 440 g/mol. The minimum atomic E-state index is -2.86. The van der Waals surface area contributed by atoms with Crippen molar-refractivity contribution < 1.29 is 13.9 Å². The van der Waals surface area contributed by atoms with Gasteiger partial charge in [-0.3, -0.25) is 13.9 Å². The van der Waals surface area contributed by atoms with Gasteiger partial charge in [-0.2, -0.15) is 5.26 Å². The van der Waals surface area contributed by atoms with Crippen molar-refractivity contribution in [1.29, 1.82) is 5.26 Å². The van der Waals surface area contributed by atoms with Crippen molar-refractivity contribution in [3.8, 4) is 17.2 Å². The van der Waals surface area contributed by atoms with E-state index in [4.69, 9.17) is 0 Å². The molecule has 0 spiro atoms. The Morgan fingerprint density at radius 2 is 2.00 bits per heavy atom. The summed E-state index contributed by atoms with van der Waals surface area (Å²) in [6.07, 6.45) is 3.37. The van der Waals surface area contributed by atoms with E-state index in [-0.39, 0.29) is 11.9 Å². The Balaban J connectivity index is 1.42. The maximum Gasteiger partial charge on any atom is 0.238 e. The van der Waals surface area contributed by atoms with Crippen molar-refractivity contribution in [2.75, 3.05) is 13.6 Å². The van der Waals surface area contributed by atoms with Crippen molar-refractivity contribution in [3.05, 3.63) is 53.6 Å². The lowest BCUT2D eigenvalue weighted by Gasteiger charge is -2.34. The predicted molar refractivity (Wildman–Crippen MR) is 121 cm³/mol. The Bertz CT molecular complexity index is 997. The van der Waals surface area contributed by atoms with E-state index in [1.165, 1.54) is 0 Å². The zero-order valence-electron chi connectivity index (χ0n) is 17.5. The molecule has 2 aliphatic heterocycles. The van der Waals surface area contributed by atoms with Gasteiger partial charge in [0.05, 0.1) is 17.0 Å². The third-order valence-corrected chi connectivity index (χ3v) is 8.00. The summed E-state index contributed by atoms with van der Waals surface area (Å²) in [5.74, 6) is -0.100. The molecule has 1 saturated heterocycles. The highest BCUT2D eigenvalue weighted by molar-refractivity contribution is 8.22. The first-order valence-electron chi connectivity index (χ1n) is 10.5. The van der Waals surface area contributed by atoms with Gasteiger partial charge in [0.25, 0.3) is 0 Å². The lowest BCUT2D eigenvalue weighted by Crippen LogP contribution is -2.49. The molecule has 1 fully saturated rings. The van der Waals surface area contributed by atoms with Crippen LogP contribution < -0.4 is 10.6 Å². The Kier molecular flexibility index (Phi) is 6.32. The smallest absolute Gasteiger partial charge is 0.238 e. The van der Waals surface area contributed by atoms with Crippen LogP contribution in [0.15, 0.2) is 47.4 Å². The lowest BCUT2D eigenvalue weighted by molar-refractivity contribution is -0.124. The number of nitrogens with one attached hydrogen (secondary N) is 2. The van der Waals surface area contributed by atoms with Crippen LogP contribution in [0, 0.1) is 11.3 Å². The fourth-order valence-corrected chi connectivity index (χ4v) is 5.57. The molecular weight excluding hydrogens is 412 g/mol. The van der Waals surface area contributed by atoms with Gasteiger partial charge in [0.15, 0.2) is 0 Å². The van der Waals surface area contributed by atoms with Gasteiger partial charge in [-0.15, -0.1) is 10.8 Å². The number of nitrogens with zero attached hydrogens (tertiary/aromatic N) is 2. The largest absolute Gasteiger partial charge is 0.339 e. The Labute approximate surface area is 184 Å². The molecule has 2 aliphatic rings. The molecule has 0 aliphatic carbocycles. The summed E-state index contributed by atoms with van der Waals surface area (Å²) in [6.45, 7) is 1.34. The summed E-state index contributed by atoms with van der Waals surface area (Å²) in [5, 5.41) is 15.6. The fraction of sp³-hybridized carbons (Fsp3) is 0.391. The number of hydrogen-bond acceptors (Lipinski definition) is 6. The zero-order valence-corrected chi connectivity index (χ0v) is 18.4. The van der Waals surface area contributed by atoms with Gasteiger partial charge in [0, 0.05) is 20.0 Å². The van der Waals surface area contributed by atoms with Crippen LogP contribution in [0.2, 0.25) is 0 Å². The molecule has 0 radical (unpaired) electrons. The van der Waals surface area contributed by atoms with E-state index in [0.29, 0.717) is 17.9 Å². The maximum absolute atomic E-state index is 12.4. The highest BCUT2D eigenvalue weighted by Crippen LogP contribution is 2.58. The van der Waals surface area contributed by atoms with E-state index in [1.54, 1.807) is 17.4 Å². The van der Waals surface area contributed by atoms with Crippen LogP contribution in [0.1, 0.15) is 30.4 Å². The quantitative estimate of drug-likeness (QED) is 0.567. The highest BCUT2D eigenvalue weighted by Gasteiger charge is 2.32. The molecule has 4 rings (SSSR count). The molecule has 2 atom stereocenters. The zero-order chi connectivity index (χ0) is 22.0. The summed E-state index contributed by atoms with van der Waals surface area (Å²) < 4.78 is 22.1. The highest BCUT2D eigenvalue weighted by atomic mass is 32.3. The summed E-state index contributed by atoms with van der Waals surface area (Å²) >= 11 is 0. The molecule has 0 bridgehead atoms. The molecule has 2 aromatic rings. The van der Waals surface area contributed by atoms with Crippen molar-refractivity contribution in [3.63, 3.8) is 0 Å². The van der Waals surface area contributed by atoms with Crippen LogP contribution >= 0.6 is 10.8 Å². The SMILES string of the molecule is CN1Cc2cc(-c3ccc(C[C@@H](C#N)NC(=O)[C@@H]4CCCCN4)cc3)ccc2S1(O)O. The van der Waals surface area contributed by atoms with E-state index in [9.17, 15) is 19.2 Å². The molecule has 0 saturated carbocycles. The van der Waals surface area contributed by atoms with Gasteiger partial charge in [0.2, 0.25) is 5.91 Å². The molecule has 31 heavy (non-hydrogen) atoms. The Hall–Kier alpha value is -2.41. The average Bonchev–Trinajstić information content (AvgIpc) is 3.02. The first kappa shape index (κ1) is 21.8. The number of rotatable bonds is 5. The van der Waals surface area contributed by atoms with Crippen molar-refractivity contribution in [2.45, 2.75) is 49.2 Å². The van der Waals surface area contributed by atoms with E-state index >= 15 is 0 Å². The standard InChI is InChI=1S/C23H28N4O3S/c1-27-15-19-13-18(9-10-22(19)31(27,29)30)17-7-5-16(6-8-17)12-20(14-24)26-23(28)21-4-2-3-11-25-21/h5-10,13,20-21,25,29-30H,2-4,11-12,15H2,1H3,(H,26,28)/t20-,21-/m0/s1. The number of piperidine rings is 1. The van der Waals surface area contributed by atoms with Gasteiger partial charge in [-0.05, 0) is 53.8 Å². The van der Waals surface area contributed by atoms with E-state index in [2.05, 4.69) is 16.7 Å². The van der Waals surface area contributed by atoms with Crippen molar-refractivity contribution in [1.82, 2.24) is 14.9 Å². The molecule has 1 amide bonds. The normalized spacial score (nSPS) is 22.2. The molecule has 7 nitrogen and oxygen atoms in total. The van der Waals surface area contributed by atoms with Crippen LogP contribution in [0.3, 0.4) is 0 Å². The number of nitriles is 1. The molecular formula is C23H28N4O3S. The van der Waals surface area contributed by atoms with Gasteiger partial charge < -0.3 is 10.6 Å². The molecule has 0 aromatic heterocycles. The first-order chi connectivity index (χ1) is 14.9. The van der Waals surface area contributed by atoms with Crippen LogP contribution in [-0.2, 0) is 17.8 Å². The molecule has 164 valence electrons. The van der Waals surface area contributed by atoms with Gasteiger partial charge >= 0.3 is 0 Å². The second-order valence-corrected chi connectivity index (χ2v) is 10.3. The fourth-order valence-electron chi connectivity index (χ4n) is 4.19. The molecule has 4 N–H and O–H groups in total. The van der Waals surface area contributed by atoms with E-state index in [0.717, 1.165) is 48.1 Å². The average molecular weight is 441 g/mol. The number of hydrogen-bond donors (Lipinski definition) is 4. The molecule has 0 unspecified atom stereocenters. The summed E-state index contributed by atoms with van der Waals surface area (Å²) in [7, 11) is -1.15. The summed E-state index contributed by atoms with van der Waals surface area (Å²) in [6, 6.07) is 15.0. The Morgan fingerprint density at radius 1 is 1.26 bits per heavy atom. The predicted octanol–water partition coefficient (Wildman–Crippen LogP) is 3.52. The lowest BCUT2D eigenvalue weighted by atomic mass is 9.99. The van der Waals surface area contributed by atoms with Crippen LogP contribution in [0.5, 0.6) is 0 Å². The van der Waals surface area contributed by atoms with Gasteiger partial charge in [0.1, 0.15) is 6.04 Å². The van der Waals surface area contributed by atoms with Crippen molar-refractivity contribution >= 4 is 16.7 Å². The molecule has 8 heteroatoms. The number of carbonyl (C=O) groups is 1. The third-order valence-electron chi connectivity index (χ3n) is 6.01. The first-order valence-corrected chi connectivity index (χ1v) is 12.0. The topological polar surface area (TPSA) is 109 Å². The Morgan fingerprint density at radius 3 is 2.68 bits per heavy atom. The molecule has 2 aromatic carbocycles. The molecule has 2 heterocycles. The minimum Gasteiger partial charge on any atom is -0.339 e. The van der Waals surface area contributed by atoms with Crippen LogP contribution in [0.25, 0.3) is 11.1 Å². The number of carbonyl (C=O) groups excluding carboxylic acids is 1. The van der Waals surface area contributed by atoms with Crippen LogP contribution in [-0.4, -0.2) is 45.0 Å². The van der Waals surface area contributed by atoms with Crippen LogP contribution in [0.4, 0.5) is 0 Å². The second-order valence-electron chi connectivity index (χ2n) is 8.22. The third kappa shape index (κ3) is 4.61. The van der Waals surface area contributed by atoms with E-state index in [1.807, 2.05) is 36.4 Å². The van der Waals surface area contributed by atoms with Gasteiger partial charge in [-0.1, -0.05) is 36.8 Å².